The van der Waals surface area contributed by atoms with Gasteiger partial charge in [0.2, 0.25) is 0 Å². The van der Waals surface area contributed by atoms with E-state index in [4.69, 9.17) is 15.2 Å². The first-order chi connectivity index (χ1) is 13.0. The van der Waals surface area contributed by atoms with Gasteiger partial charge in [-0.15, -0.1) is 24.0 Å². The van der Waals surface area contributed by atoms with Gasteiger partial charge in [-0.3, -0.25) is 4.99 Å². The molecule has 0 saturated carbocycles. The van der Waals surface area contributed by atoms with Gasteiger partial charge in [-0.05, 0) is 50.3 Å². The highest BCUT2D eigenvalue weighted by molar-refractivity contribution is 14.0. The van der Waals surface area contributed by atoms with E-state index in [9.17, 15) is 4.79 Å². The molecule has 1 heterocycles. The second-order valence-electron chi connectivity index (χ2n) is 6.43. The first-order valence-electron chi connectivity index (χ1n) is 9.34. The van der Waals surface area contributed by atoms with Crippen molar-refractivity contribution in [3.05, 3.63) is 28.2 Å². The number of amides is 1. The Bertz CT molecular complexity index is 652. The maximum atomic E-state index is 11.7. The first-order valence-corrected chi connectivity index (χ1v) is 10.1. The number of aliphatic imine (C=N–C) groups is 1. The fraction of sp³-hybridized carbons (Fsp3) is 0.579. The minimum Gasteiger partial charge on any atom is -0.496 e. The Morgan fingerprint density at radius 2 is 2.11 bits per heavy atom. The van der Waals surface area contributed by atoms with Gasteiger partial charge in [0.15, 0.2) is 5.96 Å². The Morgan fingerprint density at radius 1 is 1.39 bits per heavy atom. The molecule has 0 radical (unpaired) electrons. The quantitative estimate of drug-likeness (QED) is 0.227. The molecule has 2 rings (SSSR count). The van der Waals surface area contributed by atoms with E-state index < -0.39 is 0 Å². The van der Waals surface area contributed by atoms with Crippen LogP contribution in [0.3, 0.4) is 0 Å². The first kappa shape index (κ1) is 24.8. The van der Waals surface area contributed by atoms with E-state index in [0.29, 0.717) is 32.2 Å². The molecule has 28 heavy (non-hydrogen) atoms. The number of carbonyl (C=O) groups is 1. The van der Waals surface area contributed by atoms with Crippen LogP contribution in [0.2, 0.25) is 0 Å². The van der Waals surface area contributed by atoms with Crippen molar-refractivity contribution in [3.63, 3.8) is 0 Å². The number of hydrogen-bond acceptors (Lipinski definition) is 4. The molecule has 1 aliphatic rings. The van der Waals surface area contributed by atoms with Gasteiger partial charge in [0.05, 0.1) is 13.7 Å². The topological polar surface area (TPSA) is 89.2 Å². The summed E-state index contributed by atoms with van der Waals surface area (Å²) in [4.78, 5) is 17.9. The lowest BCUT2D eigenvalue weighted by molar-refractivity contribution is 0.0963. The number of ether oxygens (including phenoxy) is 2. The van der Waals surface area contributed by atoms with Crippen molar-refractivity contribution < 1.29 is 14.3 Å². The summed E-state index contributed by atoms with van der Waals surface area (Å²) in [6.07, 6.45) is 3.21. The van der Waals surface area contributed by atoms with Crippen molar-refractivity contribution in [2.45, 2.75) is 38.6 Å². The molecule has 0 unspecified atom stereocenters. The lowest BCUT2D eigenvalue weighted by atomic mass is 10.1. The highest BCUT2D eigenvalue weighted by Crippen LogP contribution is 2.24. The molecule has 3 N–H and O–H groups in total. The molecule has 1 aliphatic heterocycles. The van der Waals surface area contributed by atoms with Crippen LogP contribution in [-0.2, 0) is 11.2 Å². The van der Waals surface area contributed by atoms with Crippen LogP contribution in [0.1, 0.15) is 31.7 Å². The van der Waals surface area contributed by atoms with Gasteiger partial charge in [-0.1, -0.05) is 22.0 Å². The van der Waals surface area contributed by atoms with Crippen LogP contribution in [0, 0.1) is 0 Å². The van der Waals surface area contributed by atoms with Gasteiger partial charge in [0, 0.05) is 30.1 Å². The van der Waals surface area contributed by atoms with Crippen LogP contribution in [-0.4, -0.2) is 56.3 Å². The minimum absolute atomic E-state index is 0. The standard InChI is InChI=1S/C19H29BrN4O3.HI/c1-3-27-19(25)24-11-8-16(9-12-24)23-18(21)22-10-4-5-14-6-7-15(20)13-17(14)26-2;/h6-7,13,16H,3-5,8-12H2,1-2H3,(H3,21,22,23);1H. The highest BCUT2D eigenvalue weighted by Gasteiger charge is 2.23. The molecule has 158 valence electrons. The van der Waals surface area contributed by atoms with E-state index in [0.717, 1.165) is 41.5 Å². The van der Waals surface area contributed by atoms with Gasteiger partial charge in [-0.25, -0.2) is 4.79 Å². The smallest absolute Gasteiger partial charge is 0.409 e. The number of guanidine groups is 1. The van der Waals surface area contributed by atoms with Crippen LogP contribution in [0.15, 0.2) is 27.7 Å². The van der Waals surface area contributed by atoms with Gasteiger partial charge in [-0.2, -0.15) is 0 Å². The van der Waals surface area contributed by atoms with Crippen molar-refractivity contribution >= 4 is 52.0 Å². The third kappa shape index (κ3) is 8.02. The monoisotopic (exact) mass is 568 g/mol. The number of benzene rings is 1. The molecule has 0 spiro atoms. The van der Waals surface area contributed by atoms with Gasteiger partial charge in [0.25, 0.3) is 0 Å². The summed E-state index contributed by atoms with van der Waals surface area (Å²) in [7, 11) is 1.68. The molecule has 7 nitrogen and oxygen atoms in total. The second kappa shape index (κ2) is 13.1. The molecule has 1 amide bonds. The van der Waals surface area contributed by atoms with E-state index in [1.54, 1.807) is 12.0 Å². The minimum atomic E-state index is -0.235. The van der Waals surface area contributed by atoms with E-state index in [2.05, 4.69) is 32.3 Å². The predicted molar refractivity (Wildman–Crippen MR) is 126 cm³/mol. The second-order valence-corrected chi connectivity index (χ2v) is 7.35. The van der Waals surface area contributed by atoms with Crippen LogP contribution >= 0.6 is 39.9 Å². The molecule has 0 aliphatic carbocycles. The van der Waals surface area contributed by atoms with Crippen molar-refractivity contribution in [3.8, 4) is 5.75 Å². The zero-order valence-corrected chi connectivity index (χ0v) is 20.4. The van der Waals surface area contributed by atoms with Gasteiger partial charge < -0.3 is 25.4 Å². The summed E-state index contributed by atoms with van der Waals surface area (Å²) >= 11 is 3.45. The lowest BCUT2D eigenvalue weighted by Gasteiger charge is -2.31. The Kier molecular flexibility index (Phi) is 11.6. The average Bonchev–Trinajstić information content (AvgIpc) is 2.66. The van der Waals surface area contributed by atoms with E-state index in [1.807, 2.05) is 19.1 Å². The molecule has 1 aromatic rings. The number of methoxy groups -OCH3 is 1. The molecule has 1 aromatic carbocycles. The maximum absolute atomic E-state index is 11.7. The van der Waals surface area contributed by atoms with Crippen molar-refractivity contribution in [2.75, 3.05) is 33.4 Å². The number of aryl methyl sites for hydroxylation is 1. The van der Waals surface area contributed by atoms with Gasteiger partial charge in [0.1, 0.15) is 5.75 Å². The molecule has 0 aromatic heterocycles. The molecule has 0 bridgehead atoms. The number of halogens is 2. The largest absolute Gasteiger partial charge is 0.496 e. The summed E-state index contributed by atoms with van der Waals surface area (Å²) in [6.45, 7) is 4.22. The zero-order valence-electron chi connectivity index (χ0n) is 16.4. The summed E-state index contributed by atoms with van der Waals surface area (Å²) in [6, 6.07) is 6.29. The van der Waals surface area contributed by atoms with Crippen molar-refractivity contribution in [1.82, 2.24) is 10.2 Å². The third-order valence-electron chi connectivity index (χ3n) is 4.51. The van der Waals surface area contributed by atoms with Crippen LogP contribution < -0.4 is 15.8 Å². The molecule has 1 fully saturated rings. The molecule has 1 saturated heterocycles. The normalized spacial score (nSPS) is 15.0. The van der Waals surface area contributed by atoms with Crippen LogP contribution in [0.4, 0.5) is 4.79 Å². The van der Waals surface area contributed by atoms with E-state index in [-0.39, 0.29) is 36.1 Å². The van der Waals surface area contributed by atoms with E-state index in [1.165, 1.54) is 0 Å². The summed E-state index contributed by atoms with van der Waals surface area (Å²) < 4.78 is 11.4. The fourth-order valence-corrected chi connectivity index (χ4v) is 3.41. The average molecular weight is 569 g/mol. The van der Waals surface area contributed by atoms with Crippen molar-refractivity contribution in [2.24, 2.45) is 10.7 Å². The lowest BCUT2D eigenvalue weighted by Crippen LogP contribution is -2.48. The number of rotatable bonds is 7. The highest BCUT2D eigenvalue weighted by atomic mass is 127. The SMILES string of the molecule is CCOC(=O)N1CCC(NC(N)=NCCCc2ccc(Br)cc2OC)CC1.I. The number of piperidine rings is 1. The molecule has 9 heteroatoms. The van der Waals surface area contributed by atoms with Crippen LogP contribution in [0.25, 0.3) is 0 Å². The summed E-state index contributed by atoms with van der Waals surface area (Å²) in [5.74, 6) is 1.35. The predicted octanol–water partition coefficient (Wildman–Crippen LogP) is 3.53. The fourth-order valence-electron chi connectivity index (χ4n) is 3.07. The number of likely N-dealkylation sites (tertiary alicyclic amines) is 1. The van der Waals surface area contributed by atoms with Gasteiger partial charge >= 0.3 is 6.09 Å². The molecular formula is C19H30BrIN4O3. The number of hydrogen-bond donors (Lipinski definition) is 2. The Labute approximate surface area is 192 Å². The number of nitrogens with zero attached hydrogens (tertiary/aromatic N) is 2. The summed E-state index contributed by atoms with van der Waals surface area (Å²) in [5, 5.41) is 3.26. The third-order valence-corrected chi connectivity index (χ3v) is 5.00. The number of nitrogens with two attached hydrogens (primary N) is 1. The Morgan fingerprint density at radius 3 is 2.75 bits per heavy atom. The number of nitrogens with one attached hydrogen (secondary N) is 1. The number of carbonyl (C=O) groups excluding carboxylic acids is 1. The Balaban J connectivity index is 0.00000392. The summed E-state index contributed by atoms with van der Waals surface area (Å²) in [5.41, 5.74) is 7.17. The Hall–Kier alpha value is -1.23. The van der Waals surface area contributed by atoms with Crippen LogP contribution in [0.5, 0.6) is 5.75 Å². The zero-order chi connectivity index (χ0) is 19.6. The van der Waals surface area contributed by atoms with Crippen molar-refractivity contribution in [1.29, 1.82) is 0 Å². The molecular weight excluding hydrogens is 539 g/mol. The molecule has 0 atom stereocenters. The van der Waals surface area contributed by atoms with E-state index >= 15 is 0 Å². The maximum Gasteiger partial charge on any atom is 0.409 e.